The topological polar surface area (TPSA) is 112 Å². The number of hydrogen-bond acceptors (Lipinski definition) is 5. The highest BCUT2D eigenvalue weighted by Gasteiger charge is 2.25. The number of hydrogen-bond donors (Lipinski definition) is 4. The summed E-state index contributed by atoms with van der Waals surface area (Å²) in [5, 5.41) is 25.2. The van der Waals surface area contributed by atoms with E-state index in [2.05, 4.69) is 15.6 Å². The lowest BCUT2D eigenvalue weighted by atomic mass is 10.2. The average Bonchev–Trinajstić information content (AvgIpc) is 2.78. The first-order valence-electron chi connectivity index (χ1n) is 5.29. The molecule has 0 saturated heterocycles. The van der Waals surface area contributed by atoms with E-state index in [0.717, 1.165) is 0 Å². The van der Waals surface area contributed by atoms with Gasteiger partial charge in [-0.25, -0.2) is 14.6 Å². The smallest absolute Gasteiger partial charge is 0.328 e. The zero-order chi connectivity index (χ0) is 13.7. The molecule has 1 aromatic heterocycles. The monoisotopic (exact) mass is 273 g/mol. The van der Waals surface area contributed by atoms with Crippen molar-refractivity contribution in [2.75, 3.05) is 0 Å². The number of carbonyl (C=O) groups is 2. The molecule has 18 heavy (non-hydrogen) atoms. The number of aliphatic hydroxyl groups is 1. The molecule has 7 nitrogen and oxygen atoms in total. The Hall–Kier alpha value is -1.67. The minimum absolute atomic E-state index is 0.326. The third-order valence-corrected chi connectivity index (χ3v) is 3.16. The number of carboxylic acids is 1. The summed E-state index contributed by atoms with van der Waals surface area (Å²) in [5.74, 6) is -1.29. The van der Waals surface area contributed by atoms with E-state index in [-0.39, 0.29) is 6.04 Å². The van der Waals surface area contributed by atoms with Crippen LogP contribution in [-0.4, -0.2) is 39.3 Å². The molecule has 1 heterocycles. The summed E-state index contributed by atoms with van der Waals surface area (Å²) in [5.41, 5.74) is 0. The summed E-state index contributed by atoms with van der Waals surface area (Å²) in [6, 6.07) is -2.33. The number of amides is 2. The summed E-state index contributed by atoms with van der Waals surface area (Å²) in [7, 11) is 0. The van der Waals surface area contributed by atoms with Crippen LogP contribution >= 0.6 is 11.3 Å². The fraction of sp³-hybridized carbons (Fsp3) is 0.500. The fourth-order valence-corrected chi connectivity index (χ4v) is 1.92. The van der Waals surface area contributed by atoms with Gasteiger partial charge in [0, 0.05) is 11.6 Å². The molecule has 0 bridgehead atoms. The van der Waals surface area contributed by atoms with Crippen molar-refractivity contribution < 1.29 is 19.8 Å². The number of thiazole rings is 1. The minimum Gasteiger partial charge on any atom is -0.480 e. The van der Waals surface area contributed by atoms with Gasteiger partial charge in [0.2, 0.25) is 0 Å². The van der Waals surface area contributed by atoms with Crippen LogP contribution in [0.2, 0.25) is 0 Å². The van der Waals surface area contributed by atoms with Crippen molar-refractivity contribution in [1.29, 1.82) is 0 Å². The molecule has 0 saturated carbocycles. The van der Waals surface area contributed by atoms with Gasteiger partial charge >= 0.3 is 12.0 Å². The zero-order valence-corrected chi connectivity index (χ0v) is 10.8. The van der Waals surface area contributed by atoms with Gasteiger partial charge in [0.05, 0.1) is 12.1 Å². The highest BCUT2D eigenvalue weighted by atomic mass is 32.1. The van der Waals surface area contributed by atoms with E-state index in [4.69, 9.17) is 5.11 Å². The number of nitrogens with one attached hydrogen (secondary N) is 2. The highest BCUT2D eigenvalue weighted by molar-refractivity contribution is 7.09. The first-order valence-corrected chi connectivity index (χ1v) is 6.17. The fourth-order valence-electron chi connectivity index (χ4n) is 1.28. The SMILES string of the molecule is CC(NC(=O)NC(C(=O)O)C(C)O)c1nccs1. The molecule has 3 atom stereocenters. The molecule has 0 radical (unpaired) electrons. The lowest BCUT2D eigenvalue weighted by molar-refractivity contribution is -0.141. The number of carbonyl (C=O) groups excluding carboxylic acids is 1. The van der Waals surface area contributed by atoms with Crippen LogP contribution in [0.15, 0.2) is 11.6 Å². The van der Waals surface area contributed by atoms with Crippen molar-refractivity contribution in [3.8, 4) is 0 Å². The van der Waals surface area contributed by atoms with E-state index in [1.54, 1.807) is 18.5 Å². The second-order valence-corrected chi connectivity index (χ2v) is 4.69. The first kappa shape index (κ1) is 14.4. The maximum absolute atomic E-state index is 11.5. The van der Waals surface area contributed by atoms with Crippen LogP contribution in [0.5, 0.6) is 0 Å². The van der Waals surface area contributed by atoms with Crippen LogP contribution < -0.4 is 10.6 Å². The molecule has 3 unspecified atom stereocenters. The maximum Gasteiger partial charge on any atom is 0.328 e. The van der Waals surface area contributed by atoms with Crippen LogP contribution in [0.4, 0.5) is 4.79 Å². The molecule has 0 aliphatic carbocycles. The average molecular weight is 273 g/mol. The lowest BCUT2D eigenvalue weighted by Gasteiger charge is -2.19. The van der Waals surface area contributed by atoms with E-state index in [0.29, 0.717) is 5.01 Å². The highest BCUT2D eigenvalue weighted by Crippen LogP contribution is 2.14. The van der Waals surface area contributed by atoms with Crippen molar-refractivity contribution in [2.45, 2.75) is 32.0 Å². The van der Waals surface area contributed by atoms with Crippen LogP contribution in [-0.2, 0) is 4.79 Å². The number of nitrogens with zero attached hydrogens (tertiary/aromatic N) is 1. The summed E-state index contributed by atoms with van der Waals surface area (Å²) in [6.45, 7) is 3.03. The summed E-state index contributed by atoms with van der Waals surface area (Å²) >= 11 is 1.39. The summed E-state index contributed by atoms with van der Waals surface area (Å²) < 4.78 is 0. The quantitative estimate of drug-likeness (QED) is 0.618. The molecule has 0 aliphatic heterocycles. The maximum atomic E-state index is 11.5. The standard InChI is InChI=1S/C10H15N3O4S/c1-5(8-11-3-4-18-8)12-10(17)13-7(6(2)14)9(15)16/h3-7,14H,1-2H3,(H,15,16)(H2,12,13,17). The van der Waals surface area contributed by atoms with Gasteiger partial charge in [0.1, 0.15) is 5.01 Å². The van der Waals surface area contributed by atoms with Gasteiger partial charge in [0.15, 0.2) is 6.04 Å². The predicted molar refractivity (Wildman–Crippen MR) is 65.3 cm³/mol. The summed E-state index contributed by atoms with van der Waals surface area (Å²) in [6.07, 6.45) is 0.440. The van der Waals surface area contributed by atoms with Crippen LogP contribution in [0.25, 0.3) is 0 Å². The minimum atomic E-state index is -1.34. The van der Waals surface area contributed by atoms with Gasteiger partial charge < -0.3 is 20.8 Å². The number of aliphatic hydroxyl groups excluding tert-OH is 1. The number of urea groups is 1. The molecule has 2 amide bonds. The third kappa shape index (κ3) is 3.97. The van der Waals surface area contributed by atoms with E-state index < -0.39 is 24.1 Å². The number of aromatic nitrogens is 1. The van der Waals surface area contributed by atoms with Crippen LogP contribution in [0.3, 0.4) is 0 Å². The van der Waals surface area contributed by atoms with Crippen LogP contribution in [0.1, 0.15) is 24.9 Å². The zero-order valence-electron chi connectivity index (χ0n) is 9.95. The van der Waals surface area contributed by atoms with E-state index in [9.17, 15) is 14.7 Å². The number of aliphatic carboxylic acids is 1. The van der Waals surface area contributed by atoms with Crippen molar-refractivity contribution >= 4 is 23.3 Å². The lowest BCUT2D eigenvalue weighted by Crippen LogP contribution is -2.51. The molecular weight excluding hydrogens is 258 g/mol. The number of carboxylic acid groups (broad SMARTS) is 1. The Morgan fingerprint density at radius 2 is 2.06 bits per heavy atom. The molecular formula is C10H15N3O4S. The molecule has 1 aromatic rings. The molecule has 0 aliphatic rings. The van der Waals surface area contributed by atoms with Crippen molar-refractivity contribution in [1.82, 2.24) is 15.6 Å². The van der Waals surface area contributed by atoms with Crippen molar-refractivity contribution in [3.05, 3.63) is 16.6 Å². The second-order valence-electron chi connectivity index (χ2n) is 3.77. The first-order chi connectivity index (χ1) is 8.41. The van der Waals surface area contributed by atoms with Crippen molar-refractivity contribution in [3.63, 3.8) is 0 Å². The van der Waals surface area contributed by atoms with Gasteiger partial charge in [-0.05, 0) is 13.8 Å². The van der Waals surface area contributed by atoms with E-state index in [1.165, 1.54) is 18.3 Å². The van der Waals surface area contributed by atoms with Crippen LogP contribution in [0, 0.1) is 0 Å². The molecule has 1 rings (SSSR count). The van der Waals surface area contributed by atoms with Gasteiger partial charge in [-0.1, -0.05) is 0 Å². The largest absolute Gasteiger partial charge is 0.480 e. The van der Waals surface area contributed by atoms with Gasteiger partial charge in [-0.15, -0.1) is 11.3 Å². The molecule has 0 aromatic carbocycles. The Morgan fingerprint density at radius 3 is 2.50 bits per heavy atom. The Labute approximate surface area is 108 Å². The Kier molecular flexibility index (Phi) is 5.05. The molecule has 0 spiro atoms. The Morgan fingerprint density at radius 1 is 1.39 bits per heavy atom. The Balaban J connectivity index is 2.53. The normalized spacial score (nSPS) is 15.5. The molecule has 0 fully saturated rings. The van der Waals surface area contributed by atoms with Gasteiger partial charge in [-0.2, -0.15) is 0 Å². The summed E-state index contributed by atoms with van der Waals surface area (Å²) in [4.78, 5) is 26.4. The Bertz CT molecular complexity index is 407. The molecule has 8 heteroatoms. The number of rotatable bonds is 5. The molecule has 4 N–H and O–H groups in total. The second kappa shape index (κ2) is 6.31. The van der Waals surface area contributed by atoms with Gasteiger partial charge in [0.25, 0.3) is 0 Å². The third-order valence-electron chi connectivity index (χ3n) is 2.20. The van der Waals surface area contributed by atoms with E-state index >= 15 is 0 Å². The predicted octanol–water partition coefficient (Wildman–Crippen LogP) is 0.337. The van der Waals surface area contributed by atoms with E-state index in [1.807, 2.05) is 0 Å². The molecule has 100 valence electrons. The van der Waals surface area contributed by atoms with Gasteiger partial charge in [-0.3, -0.25) is 0 Å². The van der Waals surface area contributed by atoms with Crippen molar-refractivity contribution in [2.24, 2.45) is 0 Å².